The highest BCUT2D eigenvalue weighted by Gasteiger charge is 2.20. The summed E-state index contributed by atoms with van der Waals surface area (Å²) < 4.78 is 12.6. The van der Waals surface area contributed by atoms with Gasteiger partial charge in [0.05, 0.1) is 0 Å². The van der Waals surface area contributed by atoms with Crippen LogP contribution in [-0.2, 0) is 5.92 Å². The van der Waals surface area contributed by atoms with Crippen LogP contribution in [0.2, 0.25) is 0 Å². The van der Waals surface area contributed by atoms with Gasteiger partial charge in [-0.2, -0.15) is 0 Å². The first-order valence-corrected chi connectivity index (χ1v) is 2.79. The zero-order chi connectivity index (χ0) is 7.61. The van der Waals surface area contributed by atoms with Crippen molar-refractivity contribution in [3.63, 3.8) is 0 Å². The van der Waals surface area contributed by atoms with Crippen molar-refractivity contribution < 1.29 is 4.39 Å². The number of pyridine rings is 1. The summed E-state index contributed by atoms with van der Waals surface area (Å²) >= 11 is 0. The summed E-state index contributed by atoms with van der Waals surface area (Å²) in [5.74, 6) is -2.32. The fourth-order valence-electron chi connectivity index (χ4n) is 0.589. The van der Waals surface area contributed by atoms with Crippen LogP contribution in [0.3, 0.4) is 0 Å². The van der Waals surface area contributed by atoms with Crippen LogP contribution in [0.25, 0.3) is 0 Å². The van der Waals surface area contributed by atoms with E-state index < -0.39 is 5.92 Å². The van der Waals surface area contributed by atoms with Gasteiger partial charge in [-0.1, -0.05) is 6.07 Å². The summed E-state index contributed by atoms with van der Waals surface area (Å²) in [5, 5.41) is 0. The summed E-state index contributed by atoms with van der Waals surface area (Å²) in [6.45, 7) is 0. The molecule has 0 bridgehead atoms. The molecule has 1 heterocycles. The van der Waals surface area contributed by atoms with Gasteiger partial charge in [-0.25, -0.2) is 4.39 Å². The molecule has 1 aromatic rings. The molecular formula is C6H8FN3. The number of nitrogens with zero attached hydrogens (tertiary/aromatic N) is 1. The van der Waals surface area contributed by atoms with Crippen molar-refractivity contribution in [3.05, 3.63) is 30.1 Å². The third-order valence-corrected chi connectivity index (χ3v) is 1.06. The number of halogens is 1. The quantitative estimate of drug-likeness (QED) is 0.430. The van der Waals surface area contributed by atoms with Crippen LogP contribution in [0.1, 0.15) is 5.69 Å². The van der Waals surface area contributed by atoms with Crippen molar-refractivity contribution in [2.45, 2.75) is 5.92 Å². The second kappa shape index (κ2) is 2.32. The minimum absolute atomic E-state index is 0.0370. The average Bonchev–Trinajstić information content (AvgIpc) is 1.88. The molecule has 4 heteroatoms. The molecule has 0 atom stereocenters. The van der Waals surface area contributed by atoms with E-state index in [1.165, 1.54) is 12.3 Å². The van der Waals surface area contributed by atoms with E-state index in [2.05, 4.69) is 4.98 Å². The molecule has 0 fully saturated rings. The lowest BCUT2D eigenvalue weighted by Crippen LogP contribution is -2.41. The molecule has 10 heavy (non-hydrogen) atoms. The summed E-state index contributed by atoms with van der Waals surface area (Å²) in [6, 6.07) is 4.71. The minimum atomic E-state index is -2.32. The highest BCUT2D eigenvalue weighted by Crippen LogP contribution is 2.08. The lowest BCUT2D eigenvalue weighted by atomic mass is 10.3. The van der Waals surface area contributed by atoms with E-state index in [9.17, 15) is 4.39 Å². The first-order chi connectivity index (χ1) is 4.61. The SMILES string of the molecule is NC(N)(F)c1ccccn1. The van der Waals surface area contributed by atoms with E-state index in [0.717, 1.165) is 0 Å². The minimum Gasteiger partial charge on any atom is -0.281 e. The Labute approximate surface area is 57.9 Å². The number of hydrogen-bond donors (Lipinski definition) is 2. The zero-order valence-corrected chi connectivity index (χ0v) is 5.29. The van der Waals surface area contributed by atoms with Crippen molar-refractivity contribution in [3.8, 4) is 0 Å². The molecule has 0 aromatic carbocycles. The normalized spacial score (nSPS) is 11.5. The van der Waals surface area contributed by atoms with Gasteiger partial charge in [-0.3, -0.25) is 16.5 Å². The summed E-state index contributed by atoms with van der Waals surface area (Å²) in [5.41, 5.74) is 9.85. The topological polar surface area (TPSA) is 64.9 Å². The molecular weight excluding hydrogens is 133 g/mol. The molecule has 0 saturated heterocycles. The monoisotopic (exact) mass is 141 g/mol. The van der Waals surface area contributed by atoms with E-state index in [-0.39, 0.29) is 5.69 Å². The fourth-order valence-corrected chi connectivity index (χ4v) is 0.589. The molecule has 0 saturated carbocycles. The van der Waals surface area contributed by atoms with Gasteiger partial charge in [0.15, 0.2) is 0 Å². The van der Waals surface area contributed by atoms with Crippen LogP contribution in [0, 0.1) is 0 Å². The highest BCUT2D eigenvalue weighted by atomic mass is 19.1. The van der Waals surface area contributed by atoms with Gasteiger partial charge in [-0.05, 0) is 12.1 Å². The fraction of sp³-hybridized carbons (Fsp3) is 0.167. The predicted molar refractivity (Wildman–Crippen MR) is 35.4 cm³/mol. The Kier molecular flexibility index (Phi) is 1.65. The summed E-state index contributed by atoms with van der Waals surface area (Å²) in [4.78, 5) is 3.62. The second-order valence-electron chi connectivity index (χ2n) is 1.98. The molecule has 4 N–H and O–H groups in total. The van der Waals surface area contributed by atoms with Gasteiger partial charge in [0.25, 0.3) is 5.92 Å². The van der Waals surface area contributed by atoms with Crippen molar-refractivity contribution in [1.82, 2.24) is 4.98 Å². The van der Waals surface area contributed by atoms with E-state index in [4.69, 9.17) is 11.5 Å². The predicted octanol–water partition coefficient (Wildman–Crippen LogP) is 0.0788. The summed E-state index contributed by atoms with van der Waals surface area (Å²) in [7, 11) is 0. The number of rotatable bonds is 1. The molecule has 0 amide bonds. The Hall–Kier alpha value is -1.00. The lowest BCUT2D eigenvalue weighted by Gasteiger charge is -2.11. The molecule has 0 aliphatic carbocycles. The molecule has 0 aliphatic rings. The first-order valence-electron chi connectivity index (χ1n) is 2.79. The lowest BCUT2D eigenvalue weighted by molar-refractivity contribution is 0.178. The van der Waals surface area contributed by atoms with E-state index in [0.29, 0.717) is 0 Å². The van der Waals surface area contributed by atoms with Crippen LogP contribution in [0.4, 0.5) is 4.39 Å². The van der Waals surface area contributed by atoms with Crippen LogP contribution < -0.4 is 11.5 Å². The Morgan fingerprint density at radius 1 is 1.40 bits per heavy atom. The van der Waals surface area contributed by atoms with E-state index in [1.54, 1.807) is 12.1 Å². The third kappa shape index (κ3) is 1.49. The molecule has 1 rings (SSSR count). The van der Waals surface area contributed by atoms with Crippen LogP contribution >= 0.6 is 0 Å². The largest absolute Gasteiger partial charge is 0.281 e. The van der Waals surface area contributed by atoms with Gasteiger partial charge < -0.3 is 0 Å². The van der Waals surface area contributed by atoms with Crippen LogP contribution in [0.5, 0.6) is 0 Å². The number of hydrogen-bond acceptors (Lipinski definition) is 3. The van der Waals surface area contributed by atoms with E-state index >= 15 is 0 Å². The molecule has 0 unspecified atom stereocenters. The van der Waals surface area contributed by atoms with Crippen LogP contribution in [-0.4, -0.2) is 4.98 Å². The second-order valence-corrected chi connectivity index (χ2v) is 1.98. The number of alkyl halides is 1. The van der Waals surface area contributed by atoms with Crippen molar-refractivity contribution in [1.29, 1.82) is 0 Å². The van der Waals surface area contributed by atoms with E-state index in [1.807, 2.05) is 0 Å². The molecule has 54 valence electrons. The Morgan fingerprint density at radius 2 is 2.10 bits per heavy atom. The van der Waals surface area contributed by atoms with Gasteiger partial charge in [-0.15, -0.1) is 0 Å². The maximum absolute atomic E-state index is 12.6. The molecule has 0 aliphatic heterocycles. The molecule has 3 nitrogen and oxygen atoms in total. The van der Waals surface area contributed by atoms with Gasteiger partial charge in [0.1, 0.15) is 5.69 Å². The molecule has 0 radical (unpaired) electrons. The van der Waals surface area contributed by atoms with Crippen molar-refractivity contribution in [2.75, 3.05) is 0 Å². The third-order valence-electron chi connectivity index (χ3n) is 1.06. The maximum Gasteiger partial charge on any atom is 0.254 e. The van der Waals surface area contributed by atoms with Crippen LogP contribution in [0.15, 0.2) is 24.4 Å². The Bertz CT molecular complexity index is 204. The Morgan fingerprint density at radius 3 is 2.40 bits per heavy atom. The first kappa shape index (κ1) is 7.11. The number of aromatic nitrogens is 1. The van der Waals surface area contributed by atoms with Gasteiger partial charge in [0, 0.05) is 6.20 Å². The smallest absolute Gasteiger partial charge is 0.254 e. The van der Waals surface area contributed by atoms with Gasteiger partial charge in [0.2, 0.25) is 0 Å². The molecule has 0 spiro atoms. The average molecular weight is 141 g/mol. The number of nitrogens with two attached hydrogens (primary N) is 2. The molecule has 1 aromatic heterocycles. The summed E-state index contributed by atoms with van der Waals surface area (Å²) in [6.07, 6.45) is 1.43. The van der Waals surface area contributed by atoms with Gasteiger partial charge >= 0.3 is 0 Å². The zero-order valence-electron chi connectivity index (χ0n) is 5.29. The Balaban J connectivity index is 2.97. The standard InChI is InChI=1S/C6H8FN3/c7-6(8,9)5-3-1-2-4-10-5/h1-4H,8-9H2. The van der Waals surface area contributed by atoms with Crippen molar-refractivity contribution in [2.24, 2.45) is 11.5 Å². The maximum atomic E-state index is 12.6. The van der Waals surface area contributed by atoms with Crippen molar-refractivity contribution >= 4 is 0 Å². The highest BCUT2D eigenvalue weighted by molar-refractivity contribution is 5.09.